The fourth-order valence-corrected chi connectivity index (χ4v) is 4.04. The number of hydrogen-bond acceptors (Lipinski definition) is 8. The molecule has 0 radical (unpaired) electrons. The first-order valence-electron chi connectivity index (χ1n) is 14.2. The van der Waals surface area contributed by atoms with Crippen molar-refractivity contribution < 1.29 is 38.1 Å². The van der Waals surface area contributed by atoms with E-state index in [0.29, 0.717) is 39.3 Å². The van der Waals surface area contributed by atoms with E-state index in [9.17, 15) is 19.2 Å². The van der Waals surface area contributed by atoms with E-state index in [1.54, 1.807) is 88.4 Å². The van der Waals surface area contributed by atoms with Crippen LogP contribution in [0.2, 0.25) is 0 Å². The van der Waals surface area contributed by atoms with Crippen LogP contribution >= 0.6 is 0 Å². The van der Waals surface area contributed by atoms with E-state index in [1.807, 2.05) is 0 Å². The van der Waals surface area contributed by atoms with Gasteiger partial charge in [-0.1, -0.05) is 62.7 Å². The molecule has 236 valence electrons. The highest BCUT2D eigenvalue weighted by molar-refractivity contribution is 5.95. The molecule has 0 aromatic heterocycles. The second-order valence-electron chi connectivity index (χ2n) is 10.8. The van der Waals surface area contributed by atoms with Crippen LogP contribution in [-0.2, 0) is 19.2 Å². The van der Waals surface area contributed by atoms with Crippen molar-refractivity contribution in [2.24, 2.45) is 0 Å². The standard InChI is InChI=1S/C38H36O8/c1-21(2)35(39)43-29-16-11-27(12-17-29)13-20-31-25(9)34(46-38(42)24(7)8)32(26(10)33(31)45-37(41)23(5)6)28-14-18-30(19-15-28)44-36(40)22(3)4/h11-20H,1,3,5,7H2,2,4,6,8-10H3/b20-13+. The molecule has 3 aromatic rings. The van der Waals surface area contributed by atoms with Crippen LogP contribution < -0.4 is 18.9 Å². The number of ether oxygens (including phenoxy) is 4. The van der Waals surface area contributed by atoms with Gasteiger partial charge in [0, 0.05) is 44.5 Å². The molecule has 0 fully saturated rings. The van der Waals surface area contributed by atoms with Crippen molar-refractivity contribution in [1.82, 2.24) is 0 Å². The summed E-state index contributed by atoms with van der Waals surface area (Å²) in [6.07, 6.45) is 3.51. The van der Waals surface area contributed by atoms with Gasteiger partial charge < -0.3 is 18.9 Å². The zero-order chi connectivity index (χ0) is 34.3. The predicted molar refractivity (Wildman–Crippen MR) is 179 cm³/mol. The van der Waals surface area contributed by atoms with Gasteiger partial charge in [0.05, 0.1) is 0 Å². The Bertz CT molecular complexity index is 1800. The highest BCUT2D eigenvalue weighted by atomic mass is 16.5. The summed E-state index contributed by atoms with van der Waals surface area (Å²) < 4.78 is 22.4. The van der Waals surface area contributed by atoms with Gasteiger partial charge in [-0.2, -0.15) is 0 Å². The van der Waals surface area contributed by atoms with Crippen LogP contribution in [0.5, 0.6) is 23.0 Å². The fourth-order valence-electron chi connectivity index (χ4n) is 4.04. The number of carbonyl (C=O) groups excluding carboxylic acids is 4. The number of benzene rings is 3. The van der Waals surface area contributed by atoms with E-state index in [0.717, 1.165) is 5.56 Å². The Morgan fingerprint density at radius 1 is 0.522 bits per heavy atom. The molecule has 0 aliphatic heterocycles. The molecule has 46 heavy (non-hydrogen) atoms. The lowest BCUT2D eigenvalue weighted by molar-refractivity contribution is -0.131. The molecule has 0 amide bonds. The first-order valence-corrected chi connectivity index (χ1v) is 14.2. The Kier molecular flexibility index (Phi) is 11.2. The topological polar surface area (TPSA) is 105 Å². The molecule has 8 heteroatoms. The monoisotopic (exact) mass is 620 g/mol. The Morgan fingerprint density at radius 2 is 0.913 bits per heavy atom. The van der Waals surface area contributed by atoms with E-state index >= 15 is 0 Å². The van der Waals surface area contributed by atoms with Crippen molar-refractivity contribution in [3.63, 3.8) is 0 Å². The molecule has 0 unspecified atom stereocenters. The average Bonchev–Trinajstić information content (AvgIpc) is 3.00. The first-order chi connectivity index (χ1) is 21.6. The summed E-state index contributed by atoms with van der Waals surface area (Å²) in [5.41, 5.74) is 4.21. The largest absolute Gasteiger partial charge is 0.423 e. The molecule has 0 atom stereocenters. The van der Waals surface area contributed by atoms with Crippen LogP contribution in [0.15, 0.2) is 97.1 Å². The zero-order valence-corrected chi connectivity index (χ0v) is 26.9. The molecule has 0 bridgehead atoms. The van der Waals surface area contributed by atoms with Crippen molar-refractivity contribution in [1.29, 1.82) is 0 Å². The zero-order valence-electron chi connectivity index (χ0n) is 26.9. The van der Waals surface area contributed by atoms with Gasteiger partial charge in [0.25, 0.3) is 0 Å². The Hall–Kier alpha value is -5.76. The lowest BCUT2D eigenvalue weighted by Gasteiger charge is -2.22. The molecule has 0 spiro atoms. The summed E-state index contributed by atoms with van der Waals surface area (Å²) in [6.45, 7) is 24.3. The van der Waals surface area contributed by atoms with Gasteiger partial charge in [-0.15, -0.1) is 0 Å². The lowest BCUT2D eigenvalue weighted by atomic mass is 9.91. The quantitative estimate of drug-likeness (QED) is 0.0917. The Balaban J connectivity index is 2.21. The third kappa shape index (κ3) is 8.45. The van der Waals surface area contributed by atoms with Gasteiger partial charge in [0.1, 0.15) is 23.0 Å². The molecular formula is C38H36O8. The molecule has 0 heterocycles. The normalized spacial score (nSPS) is 10.6. The Labute approximate surface area is 268 Å². The summed E-state index contributed by atoms with van der Waals surface area (Å²) in [6, 6.07) is 13.4. The summed E-state index contributed by atoms with van der Waals surface area (Å²) in [5.74, 6) is -1.27. The van der Waals surface area contributed by atoms with E-state index in [1.165, 1.54) is 13.8 Å². The number of rotatable bonds is 11. The van der Waals surface area contributed by atoms with Gasteiger partial charge in [-0.25, -0.2) is 19.2 Å². The summed E-state index contributed by atoms with van der Waals surface area (Å²) in [7, 11) is 0. The minimum absolute atomic E-state index is 0.187. The van der Waals surface area contributed by atoms with Gasteiger partial charge in [0.2, 0.25) is 0 Å². The molecule has 0 aliphatic rings. The number of esters is 4. The van der Waals surface area contributed by atoms with E-state index in [4.69, 9.17) is 18.9 Å². The van der Waals surface area contributed by atoms with E-state index in [2.05, 4.69) is 26.3 Å². The number of carbonyl (C=O) groups is 4. The lowest BCUT2D eigenvalue weighted by Crippen LogP contribution is -2.14. The molecule has 0 saturated carbocycles. The third-order valence-electron chi connectivity index (χ3n) is 6.60. The van der Waals surface area contributed by atoms with Gasteiger partial charge in [-0.3, -0.25) is 0 Å². The van der Waals surface area contributed by atoms with Crippen molar-refractivity contribution in [2.45, 2.75) is 41.5 Å². The van der Waals surface area contributed by atoms with Gasteiger partial charge in [-0.05, 0) is 76.9 Å². The third-order valence-corrected chi connectivity index (χ3v) is 6.60. The molecule has 8 nitrogen and oxygen atoms in total. The van der Waals surface area contributed by atoms with Crippen LogP contribution in [0.1, 0.15) is 49.9 Å². The van der Waals surface area contributed by atoms with Crippen molar-refractivity contribution in [3.8, 4) is 34.1 Å². The van der Waals surface area contributed by atoms with E-state index in [-0.39, 0.29) is 33.8 Å². The SMILES string of the molecule is C=C(C)C(=O)Oc1ccc(/C=C/c2c(C)c(OC(=O)C(=C)C)c(-c3ccc(OC(=O)C(=C)C)cc3)c(C)c2OC(=O)C(=C)C)cc1. The molecular weight excluding hydrogens is 584 g/mol. The molecule has 0 aliphatic carbocycles. The minimum atomic E-state index is -0.641. The highest BCUT2D eigenvalue weighted by Crippen LogP contribution is 2.45. The van der Waals surface area contributed by atoms with Crippen LogP contribution in [-0.4, -0.2) is 23.9 Å². The van der Waals surface area contributed by atoms with Crippen LogP contribution in [0.3, 0.4) is 0 Å². The maximum absolute atomic E-state index is 12.8. The molecule has 3 rings (SSSR count). The smallest absolute Gasteiger partial charge is 0.338 e. The summed E-state index contributed by atoms with van der Waals surface area (Å²) in [4.78, 5) is 49.6. The van der Waals surface area contributed by atoms with Gasteiger partial charge in [0.15, 0.2) is 0 Å². The molecule has 0 saturated heterocycles. The predicted octanol–water partition coefficient (Wildman–Crippen LogP) is 8.07. The van der Waals surface area contributed by atoms with Crippen molar-refractivity contribution in [3.05, 3.63) is 119 Å². The minimum Gasteiger partial charge on any atom is -0.423 e. The van der Waals surface area contributed by atoms with Crippen LogP contribution in [0.25, 0.3) is 23.3 Å². The average molecular weight is 621 g/mol. The summed E-state index contributed by atoms with van der Waals surface area (Å²) in [5, 5.41) is 0. The summed E-state index contributed by atoms with van der Waals surface area (Å²) >= 11 is 0. The second-order valence-corrected chi connectivity index (χ2v) is 10.8. The maximum atomic E-state index is 12.8. The second kappa shape index (κ2) is 14.8. The molecule has 3 aromatic carbocycles. The van der Waals surface area contributed by atoms with Crippen molar-refractivity contribution in [2.75, 3.05) is 0 Å². The highest BCUT2D eigenvalue weighted by Gasteiger charge is 2.26. The fraction of sp³-hybridized carbons (Fsp3) is 0.158. The maximum Gasteiger partial charge on any atom is 0.338 e. The van der Waals surface area contributed by atoms with Gasteiger partial charge >= 0.3 is 23.9 Å². The van der Waals surface area contributed by atoms with E-state index < -0.39 is 23.9 Å². The molecule has 0 N–H and O–H groups in total. The van der Waals surface area contributed by atoms with Crippen LogP contribution in [0.4, 0.5) is 0 Å². The number of hydrogen-bond donors (Lipinski definition) is 0. The van der Waals surface area contributed by atoms with Crippen LogP contribution in [0, 0.1) is 13.8 Å². The Morgan fingerprint density at radius 3 is 1.35 bits per heavy atom. The van der Waals surface area contributed by atoms with Crippen molar-refractivity contribution >= 4 is 36.0 Å². The first kappa shape index (κ1) is 34.7.